The molecule has 0 aliphatic carbocycles. The molecule has 0 bridgehead atoms. The van der Waals surface area contributed by atoms with Crippen molar-refractivity contribution in [3.8, 4) is 0 Å². The van der Waals surface area contributed by atoms with E-state index < -0.39 is 0 Å². The highest BCUT2D eigenvalue weighted by Gasteiger charge is 2.21. The Morgan fingerprint density at radius 3 is 2.60 bits per heavy atom. The zero-order valence-electron chi connectivity index (χ0n) is 13.1. The molecule has 2 aromatic rings. The summed E-state index contributed by atoms with van der Waals surface area (Å²) in [6, 6.07) is 0.495. The number of aromatic nitrogens is 4. The molecular weight excluding hydrogens is 250 g/mol. The number of aryl methyl sites for hydroxylation is 2. The van der Waals surface area contributed by atoms with E-state index in [4.69, 9.17) is 0 Å². The van der Waals surface area contributed by atoms with E-state index in [-0.39, 0.29) is 12.1 Å². The molecule has 2 atom stereocenters. The minimum Gasteiger partial charge on any atom is -0.347 e. The Labute approximate surface area is 120 Å². The average Bonchev–Trinajstić information content (AvgIpc) is 3.04. The Morgan fingerprint density at radius 2 is 2.10 bits per heavy atom. The van der Waals surface area contributed by atoms with Gasteiger partial charge in [0.25, 0.3) is 0 Å². The van der Waals surface area contributed by atoms with Crippen LogP contribution in [0.25, 0.3) is 0 Å². The molecule has 5 nitrogen and oxygen atoms in total. The summed E-state index contributed by atoms with van der Waals surface area (Å²) in [6.07, 6.45) is 4.67. The van der Waals surface area contributed by atoms with Gasteiger partial charge in [0.05, 0.1) is 11.7 Å². The van der Waals surface area contributed by atoms with Gasteiger partial charge in [-0.1, -0.05) is 6.92 Å². The van der Waals surface area contributed by atoms with E-state index in [2.05, 4.69) is 59.7 Å². The molecule has 0 saturated heterocycles. The molecule has 2 unspecified atom stereocenters. The summed E-state index contributed by atoms with van der Waals surface area (Å²) in [6.45, 7) is 11.6. The molecule has 5 heteroatoms. The van der Waals surface area contributed by atoms with Gasteiger partial charge in [0.2, 0.25) is 0 Å². The van der Waals surface area contributed by atoms with Gasteiger partial charge in [0.15, 0.2) is 0 Å². The van der Waals surface area contributed by atoms with Crippen molar-refractivity contribution in [3.05, 3.63) is 35.2 Å². The van der Waals surface area contributed by atoms with Gasteiger partial charge in [-0.05, 0) is 34.1 Å². The van der Waals surface area contributed by atoms with E-state index >= 15 is 0 Å². The lowest BCUT2D eigenvalue weighted by atomic mass is 10.0. The van der Waals surface area contributed by atoms with Crippen molar-refractivity contribution in [2.45, 2.75) is 59.7 Å². The summed E-state index contributed by atoms with van der Waals surface area (Å²) in [5.74, 6) is 0.998. The van der Waals surface area contributed by atoms with Crippen molar-refractivity contribution < 1.29 is 0 Å². The lowest BCUT2D eigenvalue weighted by Crippen LogP contribution is -2.26. The van der Waals surface area contributed by atoms with Crippen LogP contribution in [0.5, 0.6) is 0 Å². The van der Waals surface area contributed by atoms with Gasteiger partial charge in [0.1, 0.15) is 5.82 Å². The molecule has 0 saturated carbocycles. The second kappa shape index (κ2) is 6.22. The van der Waals surface area contributed by atoms with E-state index in [0.717, 1.165) is 24.5 Å². The van der Waals surface area contributed by atoms with Crippen molar-refractivity contribution in [2.75, 3.05) is 0 Å². The predicted octanol–water partition coefficient (Wildman–Crippen LogP) is 3.04. The van der Waals surface area contributed by atoms with Crippen molar-refractivity contribution >= 4 is 0 Å². The summed E-state index contributed by atoms with van der Waals surface area (Å²) in [5, 5.41) is 8.26. The first-order valence-corrected chi connectivity index (χ1v) is 7.37. The number of hydrogen-bond acceptors (Lipinski definition) is 3. The Bertz CT molecular complexity index is 541. The van der Waals surface area contributed by atoms with E-state index in [1.54, 1.807) is 6.20 Å². The van der Waals surface area contributed by atoms with Crippen molar-refractivity contribution in [1.82, 2.24) is 25.1 Å². The Balaban J connectivity index is 2.19. The number of imidazole rings is 1. The number of hydrogen-bond donors (Lipinski definition) is 2. The molecule has 0 aliphatic rings. The third-order valence-electron chi connectivity index (χ3n) is 3.88. The SMILES string of the molecule is CCC(NC(C)c1c(C)nn(CC)c1C)c1ncc[nH]1. The third-order valence-corrected chi connectivity index (χ3v) is 3.88. The number of nitrogens with one attached hydrogen (secondary N) is 2. The number of rotatable bonds is 6. The first-order chi connectivity index (χ1) is 9.58. The number of aromatic amines is 1. The highest BCUT2D eigenvalue weighted by atomic mass is 15.3. The Hall–Kier alpha value is -1.62. The van der Waals surface area contributed by atoms with Gasteiger partial charge in [-0.3, -0.25) is 4.68 Å². The van der Waals surface area contributed by atoms with Gasteiger partial charge in [-0.2, -0.15) is 5.10 Å². The fourth-order valence-corrected chi connectivity index (χ4v) is 2.89. The maximum atomic E-state index is 4.60. The lowest BCUT2D eigenvalue weighted by Gasteiger charge is -2.21. The molecule has 20 heavy (non-hydrogen) atoms. The van der Waals surface area contributed by atoms with E-state index in [0.29, 0.717) is 0 Å². The number of H-pyrrole nitrogens is 1. The van der Waals surface area contributed by atoms with Gasteiger partial charge < -0.3 is 10.3 Å². The normalized spacial score (nSPS) is 14.4. The highest BCUT2D eigenvalue weighted by Crippen LogP contribution is 2.25. The van der Waals surface area contributed by atoms with E-state index in [9.17, 15) is 0 Å². The van der Waals surface area contributed by atoms with Gasteiger partial charge >= 0.3 is 0 Å². The van der Waals surface area contributed by atoms with Crippen molar-refractivity contribution in [2.24, 2.45) is 0 Å². The molecule has 2 aromatic heterocycles. The summed E-state index contributed by atoms with van der Waals surface area (Å²) in [7, 11) is 0. The minimum atomic E-state index is 0.240. The van der Waals surface area contributed by atoms with Gasteiger partial charge in [0, 0.05) is 36.2 Å². The molecule has 2 N–H and O–H groups in total. The highest BCUT2D eigenvalue weighted by molar-refractivity contribution is 5.28. The van der Waals surface area contributed by atoms with Crippen LogP contribution in [0, 0.1) is 13.8 Å². The topological polar surface area (TPSA) is 58.5 Å². The van der Waals surface area contributed by atoms with Gasteiger partial charge in [-0.15, -0.1) is 0 Å². The maximum absolute atomic E-state index is 4.60. The van der Waals surface area contributed by atoms with E-state index in [1.807, 2.05) is 6.20 Å². The Morgan fingerprint density at radius 1 is 1.35 bits per heavy atom. The molecule has 2 heterocycles. The summed E-state index contributed by atoms with van der Waals surface area (Å²) >= 11 is 0. The van der Waals surface area contributed by atoms with Crippen molar-refractivity contribution in [1.29, 1.82) is 0 Å². The Kier molecular flexibility index (Phi) is 4.60. The van der Waals surface area contributed by atoms with E-state index in [1.165, 1.54) is 11.3 Å². The molecule has 0 fully saturated rings. The largest absolute Gasteiger partial charge is 0.347 e. The standard InChI is InChI=1S/C15H25N5/c1-6-13(15-16-8-9-17-15)18-10(3)14-11(4)19-20(7-2)12(14)5/h8-10,13,18H,6-7H2,1-5H3,(H,16,17). The van der Waals surface area contributed by atoms with Crippen LogP contribution < -0.4 is 5.32 Å². The smallest absolute Gasteiger partial charge is 0.123 e. The third kappa shape index (κ3) is 2.77. The number of nitrogens with zero attached hydrogens (tertiary/aromatic N) is 3. The molecule has 0 aliphatic heterocycles. The summed E-state index contributed by atoms with van der Waals surface area (Å²) in [5.41, 5.74) is 3.66. The zero-order valence-corrected chi connectivity index (χ0v) is 13.1. The molecule has 0 amide bonds. The van der Waals surface area contributed by atoms with Crippen LogP contribution in [0.1, 0.15) is 62.1 Å². The molecule has 110 valence electrons. The fraction of sp³-hybridized carbons (Fsp3) is 0.600. The zero-order chi connectivity index (χ0) is 14.7. The second-order valence-electron chi connectivity index (χ2n) is 5.22. The van der Waals surface area contributed by atoms with Crippen LogP contribution in [0.2, 0.25) is 0 Å². The first-order valence-electron chi connectivity index (χ1n) is 7.37. The molecular formula is C15H25N5. The monoisotopic (exact) mass is 275 g/mol. The summed E-state index contributed by atoms with van der Waals surface area (Å²) in [4.78, 5) is 7.56. The van der Waals surface area contributed by atoms with Crippen molar-refractivity contribution in [3.63, 3.8) is 0 Å². The van der Waals surface area contributed by atoms with Crippen LogP contribution in [0.3, 0.4) is 0 Å². The predicted molar refractivity (Wildman–Crippen MR) is 80.5 cm³/mol. The molecule has 0 aromatic carbocycles. The van der Waals surface area contributed by atoms with Crippen LogP contribution in [-0.4, -0.2) is 19.7 Å². The quantitative estimate of drug-likeness (QED) is 0.852. The first kappa shape index (κ1) is 14.8. The van der Waals surface area contributed by atoms with Gasteiger partial charge in [-0.25, -0.2) is 4.98 Å². The summed E-state index contributed by atoms with van der Waals surface area (Å²) < 4.78 is 2.07. The average molecular weight is 275 g/mol. The van der Waals surface area contributed by atoms with Crippen LogP contribution in [0.15, 0.2) is 12.4 Å². The minimum absolute atomic E-state index is 0.240. The van der Waals surface area contributed by atoms with Crippen LogP contribution in [-0.2, 0) is 6.54 Å². The second-order valence-corrected chi connectivity index (χ2v) is 5.22. The maximum Gasteiger partial charge on any atom is 0.123 e. The van der Waals surface area contributed by atoms with Crippen LogP contribution >= 0.6 is 0 Å². The molecule has 0 spiro atoms. The van der Waals surface area contributed by atoms with Crippen LogP contribution in [0.4, 0.5) is 0 Å². The molecule has 2 rings (SSSR count). The fourth-order valence-electron chi connectivity index (χ4n) is 2.89. The molecule has 0 radical (unpaired) electrons. The lowest BCUT2D eigenvalue weighted by molar-refractivity contribution is 0.439.